The van der Waals surface area contributed by atoms with E-state index >= 15 is 0 Å². The summed E-state index contributed by atoms with van der Waals surface area (Å²) in [5.74, 6) is -0.409. The number of esters is 1. The molecule has 0 bridgehead atoms. The van der Waals surface area contributed by atoms with Crippen molar-refractivity contribution in [2.45, 2.75) is 26.1 Å². The summed E-state index contributed by atoms with van der Waals surface area (Å²) in [5.41, 5.74) is 0.443. The second-order valence-electron chi connectivity index (χ2n) is 4.40. The third-order valence-electron chi connectivity index (χ3n) is 2.72. The number of aromatic nitrogens is 1. The minimum Gasteiger partial charge on any atom is -0.455 e. The van der Waals surface area contributed by atoms with Crippen molar-refractivity contribution in [3.63, 3.8) is 0 Å². The van der Waals surface area contributed by atoms with Crippen molar-refractivity contribution in [3.05, 3.63) is 40.2 Å². The average molecular weight is 315 g/mol. The molecule has 0 amide bonds. The molecule has 112 valence electrons. The van der Waals surface area contributed by atoms with Crippen molar-refractivity contribution in [2.75, 3.05) is 0 Å². The van der Waals surface area contributed by atoms with Crippen LogP contribution >= 0.6 is 11.3 Å². The fourth-order valence-corrected chi connectivity index (χ4v) is 2.55. The van der Waals surface area contributed by atoms with Gasteiger partial charge in [0.25, 0.3) is 0 Å². The number of carbonyl (C=O) groups is 1. The highest BCUT2D eigenvalue weighted by Crippen LogP contribution is 2.32. The Morgan fingerprint density at radius 2 is 1.90 bits per heavy atom. The van der Waals surface area contributed by atoms with Crippen LogP contribution in [-0.2, 0) is 15.7 Å². The van der Waals surface area contributed by atoms with Crippen LogP contribution in [0.25, 0.3) is 11.3 Å². The Bertz CT molecular complexity index is 634. The zero-order valence-corrected chi connectivity index (χ0v) is 12.1. The van der Waals surface area contributed by atoms with Crippen molar-refractivity contribution in [1.29, 1.82) is 0 Å². The molecule has 2 rings (SSSR count). The number of hydrogen-bond acceptors (Lipinski definition) is 4. The number of benzene rings is 1. The fourth-order valence-electron chi connectivity index (χ4n) is 1.74. The van der Waals surface area contributed by atoms with E-state index in [0.29, 0.717) is 16.3 Å². The molecule has 0 saturated carbocycles. The molecule has 0 N–H and O–H groups in total. The van der Waals surface area contributed by atoms with Crippen LogP contribution in [0.3, 0.4) is 0 Å². The molecule has 1 aromatic carbocycles. The minimum absolute atomic E-state index is 0.409. The lowest BCUT2D eigenvalue weighted by Gasteiger charge is -2.08. The van der Waals surface area contributed by atoms with Gasteiger partial charge in [0.1, 0.15) is 5.01 Å². The molecule has 0 aliphatic rings. The summed E-state index contributed by atoms with van der Waals surface area (Å²) in [6, 6.07) is 4.78. The Kier molecular flexibility index (Phi) is 4.32. The molecule has 0 aliphatic heterocycles. The second kappa shape index (κ2) is 5.85. The van der Waals surface area contributed by atoms with Crippen LogP contribution in [0, 0.1) is 0 Å². The standard InChI is InChI=1S/C14H12F3NO2S/c1-8(20-9(2)19)13-18-12(7-21-13)10-3-5-11(6-4-10)14(15,16)17/h3-8H,1-2H3. The largest absolute Gasteiger partial charge is 0.455 e. The molecule has 0 aliphatic carbocycles. The SMILES string of the molecule is CC(=O)OC(C)c1nc(-c2ccc(C(F)(F)F)cc2)cs1. The first-order valence-corrected chi connectivity index (χ1v) is 6.95. The van der Waals surface area contributed by atoms with Gasteiger partial charge in [-0.15, -0.1) is 11.3 Å². The molecule has 1 atom stereocenters. The van der Waals surface area contributed by atoms with Crippen LogP contribution in [0.2, 0.25) is 0 Å². The molecule has 0 saturated heterocycles. The van der Waals surface area contributed by atoms with Gasteiger partial charge in [-0.25, -0.2) is 4.98 Å². The van der Waals surface area contributed by atoms with Crippen molar-refractivity contribution in [1.82, 2.24) is 4.98 Å². The summed E-state index contributed by atoms with van der Waals surface area (Å²) in [7, 11) is 0. The number of halogens is 3. The highest BCUT2D eigenvalue weighted by Gasteiger charge is 2.30. The predicted molar refractivity (Wildman–Crippen MR) is 72.7 cm³/mol. The van der Waals surface area contributed by atoms with E-state index in [1.54, 1.807) is 12.3 Å². The van der Waals surface area contributed by atoms with Crippen molar-refractivity contribution in [2.24, 2.45) is 0 Å². The van der Waals surface area contributed by atoms with Gasteiger partial charge in [-0.05, 0) is 19.1 Å². The van der Waals surface area contributed by atoms with Gasteiger partial charge >= 0.3 is 12.1 Å². The van der Waals surface area contributed by atoms with Gasteiger partial charge in [0.05, 0.1) is 11.3 Å². The molecule has 0 radical (unpaired) electrons. The van der Waals surface area contributed by atoms with E-state index in [-0.39, 0.29) is 0 Å². The van der Waals surface area contributed by atoms with Crippen LogP contribution in [0.4, 0.5) is 13.2 Å². The maximum atomic E-state index is 12.5. The van der Waals surface area contributed by atoms with Crippen LogP contribution in [0.15, 0.2) is 29.6 Å². The molecule has 7 heteroatoms. The Labute approximate surface area is 123 Å². The first-order valence-electron chi connectivity index (χ1n) is 6.07. The lowest BCUT2D eigenvalue weighted by atomic mass is 10.1. The zero-order valence-electron chi connectivity index (χ0n) is 11.3. The van der Waals surface area contributed by atoms with E-state index in [9.17, 15) is 18.0 Å². The van der Waals surface area contributed by atoms with Gasteiger partial charge in [0.15, 0.2) is 6.10 Å². The molecule has 21 heavy (non-hydrogen) atoms. The first kappa shape index (κ1) is 15.5. The molecular weight excluding hydrogens is 303 g/mol. The van der Waals surface area contributed by atoms with Gasteiger partial charge in [-0.3, -0.25) is 4.79 Å². The van der Waals surface area contributed by atoms with E-state index < -0.39 is 23.8 Å². The average Bonchev–Trinajstić information content (AvgIpc) is 2.86. The van der Waals surface area contributed by atoms with E-state index in [0.717, 1.165) is 12.1 Å². The van der Waals surface area contributed by atoms with Gasteiger partial charge in [-0.1, -0.05) is 12.1 Å². The summed E-state index contributed by atoms with van der Waals surface area (Å²) in [5, 5.41) is 2.32. The summed E-state index contributed by atoms with van der Waals surface area (Å²) < 4.78 is 42.5. The molecule has 0 spiro atoms. The highest BCUT2D eigenvalue weighted by molar-refractivity contribution is 7.10. The lowest BCUT2D eigenvalue weighted by Crippen LogP contribution is -2.04. The Morgan fingerprint density at radius 3 is 2.43 bits per heavy atom. The normalized spacial score (nSPS) is 13.0. The van der Waals surface area contributed by atoms with Crippen LogP contribution in [0.5, 0.6) is 0 Å². The highest BCUT2D eigenvalue weighted by atomic mass is 32.1. The van der Waals surface area contributed by atoms with Crippen molar-refractivity contribution < 1.29 is 22.7 Å². The van der Waals surface area contributed by atoms with Crippen LogP contribution in [0.1, 0.15) is 30.5 Å². The molecule has 0 fully saturated rings. The maximum absolute atomic E-state index is 12.5. The van der Waals surface area contributed by atoms with Gasteiger partial charge in [0, 0.05) is 17.9 Å². The number of nitrogens with zero attached hydrogens (tertiary/aromatic N) is 1. The summed E-state index contributed by atoms with van der Waals surface area (Å²) in [6.07, 6.45) is -4.83. The summed E-state index contributed by atoms with van der Waals surface area (Å²) in [6.45, 7) is 3.00. The van der Waals surface area contributed by atoms with Gasteiger partial charge < -0.3 is 4.74 Å². The van der Waals surface area contributed by atoms with Gasteiger partial charge in [-0.2, -0.15) is 13.2 Å². The third kappa shape index (κ3) is 3.81. The quantitative estimate of drug-likeness (QED) is 0.785. The van der Waals surface area contributed by atoms with E-state index in [2.05, 4.69) is 4.98 Å². The van der Waals surface area contributed by atoms with Crippen LogP contribution < -0.4 is 0 Å². The van der Waals surface area contributed by atoms with E-state index in [1.165, 1.54) is 30.4 Å². The van der Waals surface area contributed by atoms with Crippen molar-refractivity contribution >= 4 is 17.3 Å². The topological polar surface area (TPSA) is 39.2 Å². The van der Waals surface area contributed by atoms with Gasteiger partial charge in [0.2, 0.25) is 0 Å². The molecule has 3 nitrogen and oxygen atoms in total. The second-order valence-corrected chi connectivity index (χ2v) is 5.29. The Morgan fingerprint density at radius 1 is 1.29 bits per heavy atom. The molecule has 1 aromatic heterocycles. The minimum atomic E-state index is -4.35. The molecule has 1 unspecified atom stereocenters. The Balaban J connectivity index is 2.20. The van der Waals surface area contributed by atoms with E-state index in [1.807, 2.05) is 0 Å². The number of alkyl halides is 3. The number of ether oxygens (including phenoxy) is 1. The Hall–Kier alpha value is -1.89. The number of rotatable bonds is 3. The maximum Gasteiger partial charge on any atom is 0.416 e. The van der Waals surface area contributed by atoms with E-state index in [4.69, 9.17) is 4.74 Å². The molecule has 2 aromatic rings. The zero-order chi connectivity index (χ0) is 15.6. The smallest absolute Gasteiger partial charge is 0.416 e. The lowest BCUT2D eigenvalue weighted by molar-refractivity contribution is -0.145. The number of thiazole rings is 1. The summed E-state index contributed by atoms with van der Waals surface area (Å²) >= 11 is 1.29. The summed E-state index contributed by atoms with van der Waals surface area (Å²) in [4.78, 5) is 15.2. The number of carbonyl (C=O) groups excluding carboxylic acids is 1. The number of hydrogen-bond donors (Lipinski definition) is 0. The molecule has 1 heterocycles. The van der Waals surface area contributed by atoms with Crippen LogP contribution in [-0.4, -0.2) is 11.0 Å². The first-order chi connectivity index (χ1) is 9.77. The monoisotopic (exact) mass is 315 g/mol. The fraction of sp³-hybridized carbons (Fsp3) is 0.286. The predicted octanol–water partition coefficient (Wildman–Crippen LogP) is 4.45. The third-order valence-corrected chi connectivity index (χ3v) is 3.73. The van der Waals surface area contributed by atoms with Crippen molar-refractivity contribution in [3.8, 4) is 11.3 Å². The molecular formula is C14H12F3NO2S.